The number of aryl methyl sites for hydroxylation is 3. The molecule has 0 heterocycles. The van der Waals surface area contributed by atoms with Crippen LogP contribution >= 0.6 is 0 Å². The summed E-state index contributed by atoms with van der Waals surface area (Å²) in [6.07, 6.45) is 0.938. The summed E-state index contributed by atoms with van der Waals surface area (Å²) in [6.45, 7) is 8.66. The molecule has 0 bridgehead atoms. The van der Waals surface area contributed by atoms with Crippen molar-refractivity contribution in [2.45, 2.75) is 59.5 Å². The number of carbonyl (C=O) groups excluding carboxylic acids is 1. The first-order chi connectivity index (χ1) is 17.1. The Morgan fingerprint density at radius 3 is 2.33 bits per heavy atom. The second kappa shape index (κ2) is 12.4. The van der Waals surface area contributed by atoms with E-state index in [1.165, 1.54) is 0 Å². The van der Waals surface area contributed by atoms with E-state index in [0.29, 0.717) is 35.1 Å². The maximum Gasteiger partial charge on any atom is 0.303 e. The summed E-state index contributed by atoms with van der Waals surface area (Å²) in [5.74, 6) is 0.393. The molecule has 3 rings (SSSR count). The summed E-state index contributed by atoms with van der Waals surface area (Å²) in [5.41, 5.74) is 11.1. The first-order valence-corrected chi connectivity index (χ1v) is 12.3. The van der Waals surface area contributed by atoms with Gasteiger partial charge in [-0.1, -0.05) is 50.2 Å². The molecule has 0 aliphatic rings. The average molecular weight is 489 g/mol. The van der Waals surface area contributed by atoms with Crippen molar-refractivity contribution >= 4 is 11.9 Å². The van der Waals surface area contributed by atoms with Crippen LogP contribution in [0.2, 0.25) is 0 Å². The summed E-state index contributed by atoms with van der Waals surface area (Å²) in [4.78, 5) is 24.8. The molecule has 0 saturated carbocycles. The largest absolute Gasteiger partial charge is 0.481 e. The monoisotopic (exact) mass is 488 g/mol. The lowest BCUT2D eigenvalue weighted by Gasteiger charge is -2.23. The van der Waals surface area contributed by atoms with Gasteiger partial charge in [0, 0.05) is 18.5 Å². The standard InChI is InChI=1S/C30H36N2O4/c1-19(2)12-28(24-7-5-6-22(16-24)18-31)32-30(35)27-17-25(10-8-23(27)9-11-29(33)34)36-26-14-20(3)13-21(4)15-26/h5-8,10,13-17,19,28H,9,11-12,18,31H2,1-4H3,(H,32,35)(H,33,34)/t28-/m1/s1. The molecular weight excluding hydrogens is 452 g/mol. The molecule has 1 amide bonds. The van der Waals surface area contributed by atoms with Crippen LogP contribution in [-0.4, -0.2) is 17.0 Å². The number of nitrogens with two attached hydrogens (primary N) is 1. The number of aliphatic carboxylic acids is 1. The summed E-state index contributed by atoms with van der Waals surface area (Å²) in [5, 5.41) is 12.4. The fraction of sp³-hybridized carbons (Fsp3) is 0.333. The molecule has 0 aliphatic heterocycles. The number of rotatable bonds is 11. The molecule has 0 spiro atoms. The van der Waals surface area contributed by atoms with E-state index in [1.54, 1.807) is 18.2 Å². The Labute approximate surface area is 213 Å². The van der Waals surface area contributed by atoms with Crippen LogP contribution in [0.1, 0.15) is 70.9 Å². The molecule has 0 radical (unpaired) electrons. The van der Waals surface area contributed by atoms with Crippen LogP contribution in [0, 0.1) is 19.8 Å². The Morgan fingerprint density at radius 2 is 1.69 bits per heavy atom. The van der Waals surface area contributed by atoms with Gasteiger partial charge in [-0.05, 0) is 84.7 Å². The summed E-state index contributed by atoms with van der Waals surface area (Å²) < 4.78 is 6.09. The van der Waals surface area contributed by atoms with E-state index >= 15 is 0 Å². The van der Waals surface area contributed by atoms with Crippen molar-refractivity contribution in [3.8, 4) is 11.5 Å². The topological polar surface area (TPSA) is 102 Å². The van der Waals surface area contributed by atoms with Crippen molar-refractivity contribution in [3.63, 3.8) is 0 Å². The molecule has 6 nitrogen and oxygen atoms in total. The number of hydrogen-bond acceptors (Lipinski definition) is 4. The number of benzene rings is 3. The molecular formula is C30H36N2O4. The molecule has 0 unspecified atom stereocenters. The summed E-state index contributed by atoms with van der Waals surface area (Å²) in [7, 11) is 0. The van der Waals surface area contributed by atoms with Gasteiger partial charge < -0.3 is 20.9 Å². The SMILES string of the molecule is Cc1cc(C)cc(Oc2ccc(CCC(=O)O)c(C(=O)N[C@H](CC(C)C)c3cccc(CN)c3)c2)c1. The Hall–Kier alpha value is -3.64. The van der Waals surface area contributed by atoms with Crippen LogP contribution in [0.15, 0.2) is 60.7 Å². The van der Waals surface area contributed by atoms with E-state index in [1.807, 2.05) is 50.2 Å². The first-order valence-electron chi connectivity index (χ1n) is 12.3. The lowest BCUT2D eigenvalue weighted by molar-refractivity contribution is -0.136. The molecule has 3 aromatic carbocycles. The quantitative estimate of drug-likeness (QED) is 0.303. The van der Waals surface area contributed by atoms with Crippen molar-refractivity contribution in [1.29, 1.82) is 0 Å². The van der Waals surface area contributed by atoms with Crippen LogP contribution in [0.4, 0.5) is 0 Å². The number of carboxylic acid groups (broad SMARTS) is 1. The highest BCUT2D eigenvalue weighted by molar-refractivity contribution is 5.96. The minimum Gasteiger partial charge on any atom is -0.481 e. The van der Waals surface area contributed by atoms with Gasteiger partial charge in [0.1, 0.15) is 11.5 Å². The van der Waals surface area contributed by atoms with Crippen molar-refractivity contribution in [2.24, 2.45) is 11.7 Å². The maximum atomic E-state index is 13.6. The van der Waals surface area contributed by atoms with Crippen LogP contribution in [0.3, 0.4) is 0 Å². The van der Waals surface area contributed by atoms with Crippen molar-refractivity contribution in [3.05, 3.63) is 94.0 Å². The van der Waals surface area contributed by atoms with Crippen LogP contribution in [-0.2, 0) is 17.8 Å². The lowest BCUT2D eigenvalue weighted by Crippen LogP contribution is -2.30. The Balaban J connectivity index is 1.94. The molecule has 1 atom stereocenters. The van der Waals surface area contributed by atoms with Gasteiger partial charge in [-0.15, -0.1) is 0 Å². The number of amides is 1. The van der Waals surface area contributed by atoms with Crippen molar-refractivity contribution < 1.29 is 19.4 Å². The summed E-state index contributed by atoms with van der Waals surface area (Å²) >= 11 is 0. The van der Waals surface area contributed by atoms with Crippen LogP contribution in [0.25, 0.3) is 0 Å². The van der Waals surface area contributed by atoms with Gasteiger partial charge in [0.2, 0.25) is 0 Å². The summed E-state index contributed by atoms with van der Waals surface area (Å²) in [6, 6.07) is 18.9. The number of carbonyl (C=O) groups is 2. The molecule has 0 saturated heterocycles. The first kappa shape index (κ1) is 27.0. The third-order valence-electron chi connectivity index (χ3n) is 5.97. The van der Waals surface area contributed by atoms with Gasteiger partial charge in [-0.3, -0.25) is 9.59 Å². The molecule has 190 valence electrons. The van der Waals surface area contributed by atoms with E-state index in [9.17, 15) is 14.7 Å². The normalized spacial score (nSPS) is 11.8. The fourth-order valence-corrected chi connectivity index (χ4v) is 4.34. The second-order valence-corrected chi connectivity index (χ2v) is 9.74. The molecule has 0 fully saturated rings. The Kier molecular flexibility index (Phi) is 9.25. The van der Waals surface area contributed by atoms with E-state index in [4.69, 9.17) is 10.5 Å². The minimum absolute atomic E-state index is 0.0640. The van der Waals surface area contributed by atoms with Gasteiger partial charge in [0.05, 0.1) is 6.04 Å². The highest BCUT2D eigenvalue weighted by Crippen LogP contribution is 2.28. The third-order valence-corrected chi connectivity index (χ3v) is 5.97. The zero-order valence-electron chi connectivity index (χ0n) is 21.5. The predicted octanol–water partition coefficient (Wildman–Crippen LogP) is 6.09. The van der Waals surface area contributed by atoms with Gasteiger partial charge in [0.25, 0.3) is 5.91 Å². The number of ether oxygens (including phenoxy) is 1. The minimum atomic E-state index is -0.909. The Morgan fingerprint density at radius 1 is 0.972 bits per heavy atom. The van der Waals surface area contributed by atoms with Crippen LogP contribution < -0.4 is 15.8 Å². The zero-order chi connectivity index (χ0) is 26.2. The smallest absolute Gasteiger partial charge is 0.303 e. The molecule has 0 aliphatic carbocycles. The number of nitrogens with one attached hydrogen (secondary N) is 1. The molecule has 0 aromatic heterocycles. The fourth-order valence-electron chi connectivity index (χ4n) is 4.34. The third kappa shape index (κ3) is 7.68. The molecule has 6 heteroatoms. The van der Waals surface area contributed by atoms with Gasteiger partial charge in [-0.2, -0.15) is 0 Å². The van der Waals surface area contributed by atoms with Gasteiger partial charge >= 0.3 is 5.97 Å². The average Bonchev–Trinajstić information content (AvgIpc) is 2.81. The molecule has 36 heavy (non-hydrogen) atoms. The van der Waals surface area contributed by atoms with Gasteiger partial charge in [0.15, 0.2) is 0 Å². The molecule has 4 N–H and O–H groups in total. The Bertz CT molecular complexity index is 1200. The second-order valence-electron chi connectivity index (χ2n) is 9.74. The zero-order valence-corrected chi connectivity index (χ0v) is 21.5. The molecule has 3 aromatic rings. The van der Waals surface area contributed by atoms with E-state index in [2.05, 4.69) is 25.2 Å². The lowest BCUT2D eigenvalue weighted by atomic mass is 9.94. The maximum absolute atomic E-state index is 13.6. The number of hydrogen-bond donors (Lipinski definition) is 3. The van der Waals surface area contributed by atoms with Crippen molar-refractivity contribution in [2.75, 3.05) is 0 Å². The van der Waals surface area contributed by atoms with E-state index < -0.39 is 5.97 Å². The van der Waals surface area contributed by atoms with Crippen LogP contribution in [0.5, 0.6) is 11.5 Å². The predicted molar refractivity (Wildman–Crippen MR) is 142 cm³/mol. The highest BCUT2D eigenvalue weighted by atomic mass is 16.5. The number of carboxylic acids is 1. The highest BCUT2D eigenvalue weighted by Gasteiger charge is 2.21. The van der Waals surface area contributed by atoms with Gasteiger partial charge in [-0.25, -0.2) is 0 Å². The van der Waals surface area contributed by atoms with Crippen molar-refractivity contribution in [1.82, 2.24) is 5.32 Å². The van der Waals surface area contributed by atoms with E-state index in [0.717, 1.165) is 28.7 Å². The van der Waals surface area contributed by atoms with E-state index in [-0.39, 0.29) is 24.8 Å².